The maximum absolute atomic E-state index is 14.1. The Labute approximate surface area is 251 Å². The number of carbonyl (C=O) groups is 5. The molecule has 0 spiro atoms. The van der Waals surface area contributed by atoms with Crippen LogP contribution in [0.25, 0.3) is 0 Å². The lowest BCUT2D eigenvalue weighted by Crippen LogP contribution is -2.44. The first-order valence-electron chi connectivity index (χ1n) is 13.7. The molecule has 1 aliphatic heterocycles. The zero-order valence-corrected chi connectivity index (χ0v) is 24.1. The Morgan fingerprint density at radius 2 is 1.70 bits per heavy atom. The standard InChI is InChI=1S/C29H33F3N6O6/c1-17(2)38-21-10-8-18(9-11-23(39)35-12-13-36-28(33)34)14-20(21)26(42)37(16-24(38)40)22(19-6-4-3-5-7-19)15-25(41)44-27(43)29(30,31)32/h3-8,10,14,17,22H,9,11-13,15-16H2,1-2H3,(H,35,39)(H4,33,34,36). The minimum atomic E-state index is -5.40. The number of hydrogen-bond donors (Lipinski definition) is 4. The number of ether oxygens (including phenoxy) is 1. The van der Waals surface area contributed by atoms with Crippen LogP contribution in [0, 0.1) is 5.41 Å². The second-order valence-corrected chi connectivity index (χ2v) is 10.2. The molecule has 0 saturated carbocycles. The van der Waals surface area contributed by atoms with E-state index in [9.17, 15) is 37.1 Å². The number of nitrogens with one attached hydrogen (secondary N) is 3. The number of hydrogen-bond acceptors (Lipinski definition) is 7. The van der Waals surface area contributed by atoms with Gasteiger partial charge in [-0.25, -0.2) is 4.79 Å². The number of nitrogens with zero attached hydrogens (tertiary/aromatic N) is 2. The highest BCUT2D eigenvalue weighted by Crippen LogP contribution is 2.34. The predicted molar refractivity (Wildman–Crippen MR) is 152 cm³/mol. The van der Waals surface area contributed by atoms with E-state index in [2.05, 4.69) is 15.4 Å². The number of benzene rings is 2. The van der Waals surface area contributed by atoms with Gasteiger partial charge in [0.1, 0.15) is 6.54 Å². The normalized spacial score (nSPS) is 14.0. The lowest BCUT2D eigenvalue weighted by atomic mass is 9.99. The fraction of sp³-hybridized carbons (Fsp3) is 0.379. The Hall–Kier alpha value is -4.95. The van der Waals surface area contributed by atoms with Crippen LogP contribution in [0.1, 0.15) is 54.2 Å². The Bertz CT molecular complexity index is 1420. The topological polar surface area (TPSA) is 175 Å². The molecular weight excluding hydrogens is 585 g/mol. The van der Waals surface area contributed by atoms with Crippen molar-refractivity contribution in [3.05, 3.63) is 65.2 Å². The second kappa shape index (κ2) is 14.5. The van der Waals surface area contributed by atoms with Crippen LogP contribution in [0.3, 0.4) is 0 Å². The number of carbonyl (C=O) groups excluding carboxylic acids is 5. The summed E-state index contributed by atoms with van der Waals surface area (Å²) in [4.78, 5) is 66.2. The molecule has 44 heavy (non-hydrogen) atoms. The quantitative estimate of drug-likeness (QED) is 0.0975. The van der Waals surface area contributed by atoms with Crippen LogP contribution in [0.15, 0.2) is 48.5 Å². The predicted octanol–water partition coefficient (Wildman–Crippen LogP) is 2.18. The van der Waals surface area contributed by atoms with Gasteiger partial charge in [-0.3, -0.25) is 24.6 Å². The fourth-order valence-electron chi connectivity index (χ4n) is 4.71. The summed E-state index contributed by atoms with van der Waals surface area (Å²) in [5.41, 5.74) is 6.52. The average Bonchev–Trinajstić information content (AvgIpc) is 3.06. The van der Waals surface area contributed by atoms with E-state index in [0.29, 0.717) is 16.8 Å². The number of aryl methyl sites for hydroxylation is 1. The van der Waals surface area contributed by atoms with Crippen LogP contribution in [0.4, 0.5) is 18.9 Å². The zero-order chi connectivity index (χ0) is 32.6. The molecule has 0 saturated heterocycles. The number of fused-ring (bicyclic) bond motifs is 1. The number of nitrogens with two attached hydrogens (primary N) is 1. The SMILES string of the molecule is CC(C)N1C(=O)CN(C(CC(=O)OC(=O)C(F)(F)F)c2ccccc2)C(=O)c2cc(CCC(=O)NCCNC(=N)N)ccc21. The summed E-state index contributed by atoms with van der Waals surface area (Å²) in [6.07, 6.45) is -5.94. The molecule has 5 N–H and O–H groups in total. The summed E-state index contributed by atoms with van der Waals surface area (Å²) >= 11 is 0. The largest absolute Gasteiger partial charge is 0.491 e. The van der Waals surface area contributed by atoms with E-state index in [4.69, 9.17) is 11.1 Å². The van der Waals surface area contributed by atoms with Gasteiger partial charge < -0.3 is 30.9 Å². The molecule has 0 radical (unpaired) electrons. The van der Waals surface area contributed by atoms with Gasteiger partial charge in [0.15, 0.2) is 5.96 Å². The molecule has 0 aliphatic carbocycles. The molecule has 1 atom stereocenters. The molecule has 236 valence electrons. The molecule has 0 bridgehead atoms. The number of rotatable bonds is 11. The van der Waals surface area contributed by atoms with E-state index < -0.39 is 55.0 Å². The zero-order valence-electron chi connectivity index (χ0n) is 24.1. The summed E-state index contributed by atoms with van der Waals surface area (Å²) in [7, 11) is 0. The van der Waals surface area contributed by atoms with Gasteiger partial charge in [-0.05, 0) is 43.5 Å². The van der Waals surface area contributed by atoms with Gasteiger partial charge in [0.25, 0.3) is 5.91 Å². The molecule has 15 heteroatoms. The Kier molecular flexibility index (Phi) is 11.0. The van der Waals surface area contributed by atoms with E-state index in [1.165, 1.54) is 23.1 Å². The van der Waals surface area contributed by atoms with E-state index in [1.54, 1.807) is 44.2 Å². The smallest absolute Gasteiger partial charge is 0.386 e. The third-order valence-electron chi connectivity index (χ3n) is 6.66. The van der Waals surface area contributed by atoms with E-state index in [1.807, 2.05) is 0 Å². The van der Waals surface area contributed by atoms with Gasteiger partial charge in [0.05, 0.1) is 23.7 Å². The van der Waals surface area contributed by atoms with Crippen LogP contribution in [0.2, 0.25) is 0 Å². The van der Waals surface area contributed by atoms with Crippen molar-refractivity contribution in [2.45, 2.75) is 51.4 Å². The summed E-state index contributed by atoms with van der Waals surface area (Å²) < 4.78 is 42.3. The van der Waals surface area contributed by atoms with Crippen molar-refractivity contribution in [2.24, 2.45) is 5.73 Å². The van der Waals surface area contributed by atoms with Gasteiger partial charge in [0.2, 0.25) is 11.8 Å². The van der Waals surface area contributed by atoms with Crippen molar-refractivity contribution in [3.8, 4) is 0 Å². The van der Waals surface area contributed by atoms with Crippen molar-refractivity contribution in [3.63, 3.8) is 0 Å². The molecular formula is C29H33F3N6O6. The van der Waals surface area contributed by atoms with Gasteiger partial charge in [-0.1, -0.05) is 36.4 Å². The molecule has 1 heterocycles. The lowest BCUT2D eigenvalue weighted by molar-refractivity contribution is -0.202. The molecule has 2 aromatic carbocycles. The monoisotopic (exact) mass is 618 g/mol. The highest BCUT2D eigenvalue weighted by Gasteiger charge is 2.43. The number of amides is 3. The average molecular weight is 619 g/mol. The summed E-state index contributed by atoms with van der Waals surface area (Å²) in [5.74, 6) is -5.90. The van der Waals surface area contributed by atoms with Crippen molar-refractivity contribution in [1.82, 2.24) is 15.5 Å². The first-order valence-corrected chi connectivity index (χ1v) is 13.7. The number of guanidine groups is 1. The summed E-state index contributed by atoms with van der Waals surface area (Å²) in [6.45, 7) is 3.48. The molecule has 1 unspecified atom stereocenters. The lowest BCUT2D eigenvalue weighted by Gasteiger charge is -2.30. The Balaban J connectivity index is 1.93. The van der Waals surface area contributed by atoms with Gasteiger partial charge >= 0.3 is 18.1 Å². The molecule has 3 amide bonds. The van der Waals surface area contributed by atoms with Crippen LogP contribution in [0.5, 0.6) is 0 Å². The van der Waals surface area contributed by atoms with E-state index in [0.717, 1.165) is 4.90 Å². The number of halogens is 3. The third kappa shape index (κ3) is 8.78. The minimum Gasteiger partial charge on any atom is -0.386 e. The van der Waals surface area contributed by atoms with Crippen LogP contribution < -0.4 is 21.3 Å². The molecule has 12 nitrogen and oxygen atoms in total. The third-order valence-corrected chi connectivity index (χ3v) is 6.66. The van der Waals surface area contributed by atoms with Crippen LogP contribution >= 0.6 is 0 Å². The fourth-order valence-corrected chi connectivity index (χ4v) is 4.71. The van der Waals surface area contributed by atoms with Crippen molar-refractivity contribution in [2.75, 3.05) is 24.5 Å². The molecule has 3 rings (SSSR count). The van der Waals surface area contributed by atoms with Gasteiger partial charge in [-0.2, -0.15) is 13.2 Å². The summed E-state index contributed by atoms with van der Waals surface area (Å²) in [5, 5.41) is 12.4. The maximum Gasteiger partial charge on any atom is 0.491 e. The van der Waals surface area contributed by atoms with Crippen molar-refractivity contribution < 1.29 is 41.9 Å². The first kappa shape index (κ1) is 33.6. The van der Waals surface area contributed by atoms with Crippen molar-refractivity contribution >= 4 is 41.3 Å². The van der Waals surface area contributed by atoms with E-state index in [-0.39, 0.29) is 43.4 Å². The molecule has 0 aromatic heterocycles. The summed E-state index contributed by atoms with van der Waals surface area (Å²) in [6, 6.07) is 11.1. The van der Waals surface area contributed by atoms with Crippen LogP contribution in [-0.2, 0) is 30.3 Å². The number of anilines is 1. The first-order chi connectivity index (χ1) is 20.7. The van der Waals surface area contributed by atoms with E-state index >= 15 is 0 Å². The van der Waals surface area contributed by atoms with Crippen LogP contribution in [-0.4, -0.2) is 72.4 Å². The van der Waals surface area contributed by atoms with Crippen molar-refractivity contribution in [1.29, 1.82) is 5.41 Å². The number of alkyl halides is 3. The molecule has 0 fully saturated rings. The highest BCUT2D eigenvalue weighted by molar-refractivity contribution is 6.10. The minimum absolute atomic E-state index is 0.0648. The highest BCUT2D eigenvalue weighted by atomic mass is 19.4. The maximum atomic E-state index is 14.1. The Morgan fingerprint density at radius 3 is 2.32 bits per heavy atom. The molecule has 1 aliphatic rings. The molecule has 2 aromatic rings. The van der Waals surface area contributed by atoms with Gasteiger partial charge in [-0.15, -0.1) is 0 Å². The second-order valence-electron chi connectivity index (χ2n) is 10.2. The van der Waals surface area contributed by atoms with Gasteiger partial charge in [0, 0.05) is 25.6 Å². The number of esters is 2. The Morgan fingerprint density at radius 1 is 1.05 bits per heavy atom.